The van der Waals surface area contributed by atoms with E-state index in [0.29, 0.717) is 19.0 Å². The zero-order valence-corrected chi connectivity index (χ0v) is 17.7. The minimum atomic E-state index is -0.154. The molecule has 1 atom stereocenters. The summed E-state index contributed by atoms with van der Waals surface area (Å²) < 4.78 is 0. The van der Waals surface area contributed by atoms with Gasteiger partial charge in [-0.05, 0) is 39.9 Å². The second-order valence-corrected chi connectivity index (χ2v) is 8.86. The summed E-state index contributed by atoms with van der Waals surface area (Å²) in [4.78, 5) is 29.0. The molecule has 1 aliphatic heterocycles. The van der Waals surface area contributed by atoms with Gasteiger partial charge in [0, 0.05) is 25.6 Å². The lowest BCUT2D eigenvalue weighted by Gasteiger charge is -2.22. The summed E-state index contributed by atoms with van der Waals surface area (Å²) in [6.07, 6.45) is 15.3. The van der Waals surface area contributed by atoms with Gasteiger partial charge in [0.1, 0.15) is 0 Å². The number of likely N-dealkylation sites (tertiary alicyclic amines) is 1. The van der Waals surface area contributed by atoms with Crippen molar-refractivity contribution >= 4 is 11.8 Å². The molecule has 1 saturated carbocycles. The molecule has 156 valence electrons. The summed E-state index contributed by atoms with van der Waals surface area (Å²) in [7, 11) is 4.09. The molecule has 2 rings (SSSR count). The number of amides is 2. The molecule has 1 N–H and O–H groups in total. The van der Waals surface area contributed by atoms with E-state index in [2.05, 4.69) is 10.2 Å². The molecular formula is C22H41N3O2. The number of hydrogen-bond acceptors (Lipinski definition) is 3. The average Bonchev–Trinajstić information content (AvgIpc) is 2.98. The van der Waals surface area contributed by atoms with Gasteiger partial charge < -0.3 is 15.1 Å². The zero-order valence-electron chi connectivity index (χ0n) is 17.7. The van der Waals surface area contributed by atoms with E-state index < -0.39 is 0 Å². The normalized spacial score (nSPS) is 23.9. The maximum Gasteiger partial charge on any atom is 0.225 e. The van der Waals surface area contributed by atoms with Crippen molar-refractivity contribution in [1.82, 2.24) is 15.1 Å². The van der Waals surface area contributed by atoms with Crippen LogP contribution in [-0.4, -0.2) is 61.4 Å². The number of carbonyl (C=O) groups excluding carboxylic acids is 2. The summed E-state index contributed by atoms with van der Waals surface area (Å²) in [5.41, 5.74) is 0. The van der Waals surface area contributed by atoms with E-state index in [0.717, 1.165) is 32.4 Å². The van der Waals surface area contributed by atoms with Gasteiger partial charge in [0.25, 0.3) is 0 Å². The van der Waals surface area contributed by atoms with Crippen LogP contribution in [0.4, 0.5) is 0 Å². The summed E-state index contributed by atoms with van der Waals surface area (Å²) in [5, 5.41) is 3.30. The molecule has 0 bridgehead atoms. The largest absolute Gasteiger partial charge is 0.353 e. The minimum Gasteiger partial charge on any atom is -0.353 e. The zero-order chi connectivity index (χ0) is 19.5. The van der Waals surface area contributed by atoms with Gasteiger partial charge in [0.05, 0.1) is 5.92 Å². The van der Waals surface area contributed by atoms with Gasteiger partial charge in [-0.25, -0.2) is 0 Å². The Bertz CT molecular complexity index is 441. The van der Waals surface area contributed by atoms with Gasteiger partial charge in [-0.3, -0.25) is 9.59 Å². The predicted molar refractivity (Wildman–Crippen MR) is 111 cm³/mol. The maximum absolute atomic E-state index is 12.8. The number of rotatable bonds is 6. The van der Waals surface area contributed by atoms with E-state index in [-0.39, 0.29) is 17.7 Å². The first-order chi connectivity index (χ1) is 13.1. The van der Waals surface area contributed by atoms with Crippen molar-refractivity contribution in [2.45, 2.75) is 89.5 Å². The number of nitrogens with zero attached hydrogens (tertiary/aromatic N) is 2. The Kier molecular flexibility index (Phi) is 10.2. The van der Waals surface area contributed by atoms with Gasteiger partial charge in [-0.15, -0.1) is 0 Å². The lowest BCUT2D eigenvalue weighted by molar-refractivity contribution is -0.129. The van der Waals surface area contributed by atoms with Crippen LogP contribution in [0.1, 0.15) is 83.5 Å². The Labute approximate surface area is 166 Å². The van der Waals surface area contributed by atoms with Gasteiger partial charge >= 0.3 is 0 Å². The smallest absolute Gasteiger partial charge is 0.225 e. The molecule has 0 spiro atoms. The maximum atomic E-state index is 12.8. The van der Waals surface area contributed by atoms with Gasteiger partial charge in [-0.2, -0.15) is 0 Å². The molecule has 1 unspecified atom stereocenters. The SMILES string of the molecule is CN(C)CCCN1CC(C(=O)NC2CCCCCCCCCCC2)CC1=O. The van der Waals surface area contributed by atoms with Crippen LogP contribution in [0, 0.1) is 5.92 Å². The summed E-state index contributed by atoms with van der Waals surface area (Å²) in [6, 6.07) is 0.301. The molecule has 5 nitrogen and oxygen atoms in total. The van der Waals surface area contributed by atoms with Gasteiger partial charge in [-0.1, -0.05) is 57.8 Å². The lowest BCUT2D eigenvalue weighted by atomic mass is 9.97. The third-order valence-electron chi connectivity index (χ3n) is 6.07. The van der Waals surface area contributed by atoms with E-state index in [1.54, 1.807) is 0 Å². The first kappa shape index (κ1) is 22.2. The molecule has 0 radical (unpaired) electrons. The lowest BCUT2D eigenvalue weighted by Crippen LogP contribution is -2.40. The van der Waals surface area contributed by atoms with Crippen molar-refractivity contribution in [3.8, 4) is 0 Å². The minimum absolute atomic E-state index is 0.107. The highest BCUT2D eigenvalue weighted by Gasteiger charge is 2.34. The van der Waals surface area contributed by atoms with Crippen LogP contribution < -0.4 is 5.32 Å². The van der Waals surface area contributed by atoms with Crippen molar-refractivity contribution in [3.05, 3.63) is 0 Å². The molecule has 2 aliphatic rings. The molecule has 1 aliphatic carbocycles. The van der Waals surface area contributed by atoms with Crippen molar-refractivity contribution in [2.24, 2.45) is 5.92 Å². The van der Waals surface area contributed by atoms with E-state index in [1.165, 1.54) is 57.8 Å². The molecule has 2 amide bonds. The monoisotopic (exact) mass is 379 g/mol. The third-order valence-corrected chi connectivity index (χ3v) is 6.07. The summed E-state index contributed by atoms with van der Waals surface area (Å²) >= 11 is 0. The summed E-state index contributed by atoms with van der Waals surface area (Å²) in [5.74, 6) is 0.0985. The van der Waals surface area contributed by atoms with Crippen LogP contribution >= 0.6 is 0 Å². The van der Waals surface area contributed by atoms with Crippen molar-refractivity contribution in [3.63, 3.8) is 0 Å². The molecular weight excluding hydrogens is 338 g/mol. The van der Waals surface area contributed by atoms with Gasteiger partial charge in [0.15, 0.2) is 0 Å². The predicted octanol–water partition coefficient (Wildman–Crippen LogP) is 3.58. The average molecular weight is 380 g/mol. The van der Waals surface area contributed by atoms with E-state index in [4.69, 9.17) is 0 Å². The summed E-state index contributed by atoms with van der Waals surface area (Å²) in [6.45, 7) is 2.34. The Morgan fingerprint density at radius 1 is 1.00 bits per heavy atom. The van der Waals surface area contributed by atoms with Crippen molar-refractivity contribution < 1.29 is 9.59 Å². The fourth-order valence-electron chi connectivity index (χ4n) is 4.37. The fourth-order valence-corrected chi connectivity index (χ4v) is 4.37. The topological polar surface area (TPSA) is 52.6 Å². The second-order valence-electron chi connectivity index (χ2n) is 8.86. The van der Waals surface area contributed by atoms with E-state index in [9.17, 15) is 9.59 Å². The highest BCUT2D eigenvalue weighted by Crippen LogP contribution is 2.21. The Balaban J connectivity index is 1.76. The van der Waals surface area contributed by atoms with E-state index in [1.807, 2.05) is 19.0 Å². The first-order valence-corrected chi connectivity index (χ1v) is 11.3. The molecule has 1 saturated heterocycles. The second kappa shape index (κ2) is 12.4. The van der Waals surface area contributed by atoms with Crippen LogP contribution in [0.5, 0.6) is 0 Å². The molecule has 0 aromatic rings. The molecule has 2 fully saturated rings. The number of nitrogens with one attached hydrogen (secondary N) is 1. The van der Waals surface area contributed by atoms with Crippen molar-refractivity contribution in [1.29, 1.82) is 0 Å². The van der Waals surface area contributed by atoms with Crippen LogP contribution in [0.2, 0.25) is 0 Å². The molecule has 0 aromatic carbocycles. The van der Waals surface area contributed by atoms with Gasteiger partial charge in [0.2, 0.25) is 11.8 Å². The number of carbonyl (C=O) groups is 2. The molecule has 1 heterocycles. The Morgan fingerprint density at radius 2 is 1.56 bits per heavy atom. The number of hydrogen-bond donors (Lipinski definition) is 1. The van der Waals surface area contributed by atoms with E-state index >= 15 is 0 Å². The quantitative estimate of drug-likeness (QED) is 0.767. The fraction of sp³-hybridized carbons (Fsp3) is 0.909. The van der Waals surface area contributed by atoms with Crippen LogP contribution in [0.25, 0.3) is 0 Å². The highest BCUT2D eigenvalue weighted by molar-refractivity contribution is 5.89. The van der Waals surface area contributed by atoms with Crippen LogP contribution in [0.3, 0.4) is 0 Å². The van der Waals surface area contributed by atoms with Crippen molar-refractivity contribution in [2.75, 3.05) is 33.7 Å². The third kappa shape index (κ3) is 8.63. The van der Waals surface area contributed by atoms with Crippen LogP contribution in [0.15, 0.2) is 0 Å². The van der Waals surface area contributed by atoms with Crippen LogP contribution in [-0.2, 0) is 9.59 Å². The first-order valence-electron chi connectivity index (χ1n) is 11.3. The standard InChI is InChI=1S/C22H41N3O2/c1-24(2)15-12-16-25-18-19(17-21(25)26)22(27)23-20-13-10-8-6-4-3-5-7-9-11-14-20/h19-20H,3-18H2,1-2H3,(H,23,27). The highest BCUT2D eigenvalue weighted by atomic mass is 16.2. The molecule has 0 aromatic heterocycles. The molecule has 27 heavy (non-hydrogen) atoms. The molecule has 5 heteroatoms. The Morgan fingerprint density at radius 3 is 2.11 bits per heavy atom. The Hall–Kier alpha value is -1.10.